The number of hydrogen-bond acceptors (Lipinski definition) is 7. The lowest BCUT2D eigenvalue weighted by molar-refractivity contribution is -0.119. The van der Waals surface area contributed by atoms with Gasteiger partial charge >= 0.3 is 5.97 Å². The lowest BCUT2D eigenvalue weighted by Gasteiger charge is -2.07. The molecular weight excluding hydrogens is 332 g/mol. The van der Waals surface area contributed by atoms with Gasteiger partial charge in [-0.15, -0.1) is 11.3 Å². The van der Waals surface area contributed by atoms with E-state index < -0.39 is 18.5 Å². The number of carbonyl (C=O) groups excluding carboxylic acids is 2. The van der Waals surface area contributed by atoms with Crippen LogP contribution in [-0.4, -0.2) is 33.2 Å². The molecule has 0 radical (unpaired) electrons. The molecule has 24 heavy (non-hydrogen) atoms. The van der Waals surface area contributed by atoms with E-state index in [0.29, 0.717) is 11.7 Å². The quantitative estimate of drug-likeness (QED) is 0.761. The highest BCUT2D eigenvalue weighted by Crippen LogP contribution is 2.13. The van der Waals surface area contributed by atoms with Crippen molar-refractivity contribution in [2.75, 3.05) is 11.9 Å². The molecule has 0 spiro atoms. The number of nitrogens with zero attached hydrogens (tertiary/aromatic N) is 3. The maximum atomic E-state index is 11.9. The Morgan fingerprint density at radius 2 is 2.17 bits per heavy atom. The van der Waals surface area contributed by atoms with Crippen molar-refractivity contribution in [2.45, 2.75) is 33.2 Å². The Labute approximate surface area is 142 Å². The third-order valence-corrected chi connectivity index (χ3v) is 3.87. The number of carbonyl (C=O) groups is 2. The standard InChI is InChI=1S/C15H18N4O4S/c1-3-4-7-19-13(21)6-5-11(18-19)14(22)23-8-12(20)17-15-16-10(2)9-24-15/h5-6,9H,3-4,7-8H2,1-2H3,(H,16,17,20). The van der Waals surface area contributed by atoms with Crippen LogP contribution < -0.4 is 10.9 Å². The maximum absolute atomic E-state index is 11.9. The van der Waals surface area contributed by atoms with Gasteiger partial charge in [-0.25, -0.2) is 14.5 Å². The second-order valence-electron chi connectivity index (χ2n) is 5.05. The lowest BCUT2D eigenvalue weighted by atomic mass is 10.3. The highest BCUT2D eigenvalue weighted by Gasteiger charge is 2.14. The molecule has 8 nitrogen and oxygen atoms in total. The molecule has 0 aliphatic rings. The first-order valence-corrected chi connectivity index (χ1v) is 8.35. The number of unbranched alkanes of at least 4 members (excludes halogenated alkanes) is 1. The summed E-state index contributed by atoms with van der Waals surface area (Å²) in [5, 5.41) is 8.74. The number of aryl methyl sites for hydroxylation is 2. The highest BCUT2D eigenvalue weighted by atomic mass is 32.1. The molecule has 2 aromatic rings. The number of rotatable bonds is 7. The van der Waals surface area contributed by atoms with Crippen molar-refractivity contribution in [1.29, 1.82) is 0 Å². The molecule has 0 aromatic carbocycles. The number of thiazole rings is 1. The Morgan fingerprint density at radius 1 is 1.38 bits per heavy atom. The Bertz CT molecular complexity index is 784. The van der Waals surface area contributed by atoms with Crippen molar-refractivity contribution < 1.29 is 14.3 Å². The lowest BCUT2D eigenvalue weighted by Crippen LogP contribution is -2.26. The number of nitrogens with one attached hydrogen (secondary N) is 1. The summed E-state index contributed by atoms with van der Waals surface area (Å²) < 4.78 is 6.14. The predicted octanol–water partition coefficient (Wildman–Crippen LogP) is 1.60. The molecule has 0 aliphatic heterocycles. The average molecular weight is 350 g/mol. The van der Waals surface area contributed by atoms with Crippen LogP contribution in [-0.2, 0) is 16.1 Å². The largest absolute Gasteiger partial charge is 0.451 e. The van der Waals surface area contributed by atoms with Crippen LogP contribution in [0.2, 0.25) is 0 Å². The van der Waals surface area contributed by atoms with Gasteiger partial charge in [-0.3, -0.25) is 14.9 Å². The number of aromatic nitrogens is 3. The van der Waals surface area contributed by atoms with Crippen molar-refractivity contribution in [3.8, 4) is 0 Å². The number of amides is 1. The van der Waals surface area contributed by atoms with Gasteiger partial charge in [0.2, 0.25) is 0 Å². The Balaban J connectivity index is 1.92. The van der Waals surface area contributed by atoms with Crippen molar-refractivity contribution in [3.63, 3.8) is 0 Å². The van der Waals surface area contributed by atoms with Crippen LogP contribution in [0.4, 0.5) is 5.13 Å². The first-order valence-electron chi connectivity index (χ1n) is 7.47. The summed E-state index contributed by atoms with van der Waals surface area (Å²) >= 11 is 1.29. The Kier molecular flexibility index (Phi) is 6.19. The second-order valence-corrected chi connectivity index (χ2v) is 5.91. The normalized spacial score (nSPS) is 10.4. The van der Waals surface area contributed by atoms with E-state index >= 15 is 0 Å². The smallest absolute Gasteiger partial charge is 0.359 e. The molecule has 0 saturated carbocycles. The van der Waals surface area contributed by atoms with E-state index in [0.717, 1.165) is 18.5 Å². The van der Waals surface area contributed by atoms with E-state index in [2.05, 4.69) is 15.4 Å². The summed E-state index contributed by atoms with van der Waals surface area (Å²) in [6.45, 7) is 3.78. The van der Waals surface area contributed by atoms with Crippen molar-refractivity contribution in [3.05, 3.63) is 39.3 Å². The molecule has 0 aliphatic carbocycles. The molecule has 0 atom stereocenters. The zero-order valence-corrected chi connectivity index (χ0v) is 14.3. The van der Waals surface area contributed by atoms with Gasteiger partial charge in [-0.05, 0) is 19.4 Å². The fourth-order valence-corrected chi connectivity index (χ4v) is 2.50. The van der Waals surface area contributed by atoms with Gasteiger partial charge in [0.1, 0.15) is 0 Å². The summed E-state index contributed by atoms with van der Waals surface area (Å²) in [5.41, 5.74) is 0.506. The zero-order valence-electron chi connectivity index (χ0n) is 13.4. The SMILES string of the molecule is CCCCn1nc(C(=O)OCC(=O)Nc2nc(C)cs2)ccc1=O. The Morgan fingerprint density at radius 3 is 2.83 bits per heavy atom. The van der Waals surface area contributed by atoms with Gasteiger partial charge in [-0.1, -0.05) is 13.3 Å². The van der Waals surface area contributed by atoms with Gasteiger partial charge in [0.05, 0.1) is 5.69 Å². The minimum absolute atomic E-state index is 0.0106. The molecule has 1 amide bonds. The van der Waals surface area contributed by atoms with E-state index in [1.54, 1.807) is 5.38 Å². The van der Waals surface area contributed by atoms with Crippen LogP contribution in [0.15, 0.2) is 22.3 Å². The topological polar surface area (TPSA) is 103 Å². The molecule has 0 unspecified atom stereocenters. The van der Waals surface area contributed by atoms with Gasteiger partial charge in [0.25, 0.3) is 11.5 Å². The van der Waals surface area contributed by atoms with E-state index in [4.69, 9.17) is 4.74 Å². The van der Waals surface area contributed by atoms with Crippen LogP contribution in [0.25, 0.3) is 0 Å². The molecular formula is C15H18N4O4S. The van der Waals surface area contributed by atoms with E-state index in [-0.39, 0.29) is 11.3 Å². The summed E-state index contributed by atoms with van der Waals surface area (Å²) in [7, 11) is 0. The van der Waals surface area contributed by atoms with Gasteiger partial charge < -0.3 is 4.74 Å². The van der Waals surface area contributed by atoms with E-state index in [1.165, 1.54) is 28.2 Å². The van der Waals surface area contributed by atoms with Gasteiger partial charge in [0, 0.05) is 18.0 Å². The molecule has 0 fully saturated rings. The van der Waals surface area contributed by atoms with Crippen LogP contribution >= 0.6 is 11.3 Å². The predicted molar refractivity (Wildman–Crippen MR) is 89.2 cm³/mol. The van der Waals surface area contributed by atoms with E-state index in [9.17, 15) is 14.4 Å². The number of esters is 1. The minimum atomic E-state index is -0.759. The number of hydrogen-bond donors (Lipinski definition) is 1. The molecule has 0 saturated heterocycles. The highest BCUT2D eigenvalue weighted by molar-refractivity contribution is 7.13. The molecule has 2 aromatic heterocycles. The summed E-state index contributed by atoms with van der Waals surface area (Å²) in [4.78, 5) is 39.4. The first-order chi connectivity index (χ1) is 11.5. The minimum Gasteiger partial charge on any atom is -0.451 e. The molecule has 2 rings (SSSR count). The first kappa shape index (κ1) is 17.8. The maximum Gasteiger partial charge on any atom is 0.359 e. The number of ether oxygens (including phenoxy) is 1. The van der Waals surface area contributed by atoms with Crippen LogP contribution in [0, 0.1) is 6.92 Å². The Hall–Kier alpha value is -2.55. The number of anilines is 1. The van der Waals surface area contributed by atoms with Crippen molar-refractivity contribution >= 4 is 28.3 Å². The molecule has 9 heteroatoms. The van der Waals surface area contributed by atoms with Crippen LogP contribution in [0.1, 0.15) is 35.9 Å². The fraction of sp³-hybridized carbons (Fsp3) is 0.400. The van der Waals surface area contributed by atoms with Crippen molar-refractivity contribution in [1.82, 2.24) is 14.8 Å². The zero-order chi connectivity index (χ0) is 17.5. The molecule has 0 bridgehead atoms. The molecule has 1 N–H and O–H groups in total. The van der Waals surface area contributed by atoms with Gasteiger partial charge in [-0.2, -0.15) is 5.10 Å². The monoisotopic (exact) mass is 350 g/mol. The summed E-state index contributed by atoms with van der Waals surface area (Å²) in [5.74, 6) is -1.25. The van der Waals surface area contributed by atoms with E-state index in [1.807, 2.05) is 13.8 Å². The molecule has 128 valence electrons. The summed E-state index contributed by atoms with van der Waals surface area (Å²) in [6.07, 6.45) is 1.68. The average Bonchev–Trinajstić information content (AvgIpc) is 2.96. The molecule has 2 heterocycles. The fourth-order valence-electron chi connectivity index (χ4n) is 1.80. The van der Waals surface area contributed by atoms with Gasteiger partial charge in [0.15, 0.2) is 17.4 Å². The summed E-state index contributed by atoms with van der Waals surface area (Å²) in [6, 6.07) is 2.55. The van der Waals surface area contributed by atoms with Crippen LogP contribution in [0.3, 0.4) is 0 Å². The third-order valence-electron chi connectivity index (χ3n) is 3.00. The van der Waals surface area contributed by atoms with Crippen molar-refractivity contribution in [2.24, 2.45) is 0 Å². The van der Waals surface area contributed by atoms with Crippen LogP contribution in [0.5, 0.6) is 0 Å². The second kappa shape index (κ2) is 8.34. The third kappa shape index (κ3) is 4.98.